The second kappa shape index (κ2) is 11.3. The number of carbonyl (C=O) groups is 1. The highest BCUT2D eigenvalue weighted by Crippen LogP contribution is 2.34. The van der Waals surface area contributed by atoms with E-state index in [1.54, 1.807) is 29.7 Å². The maximum atomic E-state index is 12.7. The quantitative estimate of drug-likeness (QED) is 0.569. The third-order valence-electron chi connectivity index (χ3n) is 4.48. The van der Waals surface area contributed by atoms with Gasteiger partial charge in [0.25, 0.3) is 5.91 Å². The minimum atomic E-state index is -1.19. The predicted molar refractivity (Wildman–Crippen MR) is 123 cm³/mol. The molecule has 0 aromatic heterocycles. The zero-order valence-corrected chi connectivity index (χ0v) is 18.7. The zero-order chi connectivity index (χ0) is 20.5. The summed E-state index contributed by atoms with van der Waals surface area (Å²) in [7, 11) is 0.529. The molecular weight excluding hydrogens is 388 g/mol. The summed E-state index contributed by atoms with van der Waals surface area (Å²) in [5.74, 6) is 1.91. The Morgan fingerprint density at radius 3 is 2.39 bits per heavy atom. The van der Waals surface area contributed by atoms with Crippen molar-refractivity contribution in [3.05, 3.63) is 54.1 Å². The fraction of sp³-hybridized carbons (Fsp3) is 0.409. The van der Waals surface area contributed by atoms with Gasteiger partial charge in [0.15, 0.2) is 0 Å². The van der Waals surface area contributed by atoms with Crippen molar-refractivity contribution in [3.63, 3.8) is 0 Å². The second-order valence-electron chi connectivity index (χ2n) is 6.50. The first-order chi connectivity index (χ1) is 13.5. The normalized spacial score (nSPS) is 13.9. The molecule has 3 rings (SSSR count). The molecule has 0 bridgehead atoms. The maximum Gasteiger partial charge on any atom is 0.257 e. The summed E-state index contributed by atoms with van der Waals surface area (Å²) in [6.45, 7) is 4.00. The van der Waals surface area contributed by atoms with E-state index < -0.39 is 11.0 Å². The highest BCUT2D eigenvalue weighted by atomic mass is 32.2. The monoisotopic (exact) mass is 418 g/mol. The first-order valence-electron chi connectivity index (χ1n) is 9.75. The van der Waals surface area contributed by atoms with E-state index in [2.05, 4.69) is 5.32 Å². The van der Waals surface area contributed by atoms with Gasteiger partial charge in [-0.05, 0) is 54.5 Å². The van der Waals surface area contributed by atoms with Crippen molar-refractivity contribution in [2.45, 2.75) is 38.0 Å². The minimum absolute atomic E-state index is 0.202. The highest BCUT2D eigenvalue weighted by molar-refractivity contribution is 7.99. The second-order valence-corrected chi connectivity index (χ2v) is 9.06. The molecular formula is C22H30N2O2S2. The van der Waals surface area contributed by atoms with Gasteiger partial charge in [-0.2, -0.15) is 0 Å². The third kappa shape index (κ3) is 6.67. The lowest BCUT2D eigenvalue weighted by Crippen LogP contribution is -2.23. The maximum absolute atomic E-state index is 12.7. The molecule has 1 amide bonds. The van der Waals surface area contributed by atoms with Crippen molar-refractivity contribution in [1.82, 2.24) is 0 Å². The van der Waals surface area contributed by atoms with Crippen LogP contribution in [0.15, 0.2) is 53.4 Å². The molecule has 0 saturated heterocycles. The summed E-state index contributed by atoms with van der Waals surface area (Å²) in [6, 6.07) is 15.2. The van der Waals surface area contributed by atoms with Crippen molar-refractivity contribution in [2.75, 3.05) is 28.7 Å². The third-order valence-corrected chi connectivity index (χ3v) is 6.49. The molecule has 1 N–H and O–H groups in total. The predicted octanol–water partition coefficient (Wildman–Crippen LogP) is 5.59. The number of hydrogen-bond donors (Lipinski definition) is 1. The highest BCUT2D eigenvalue weighted by Gasteiger charge is 2.20. The van der Waals surface area contributed by atoms with Crippen molar-refractivity contribution in [1.29, 1.82) is 0 Å². The molecule has 4 nitrogen and oxygen atoms in total. The number of thioether (sulfide) groups is 1. The van der Waals surface area contributed by atoms with Crippen molar-refractivity contribution < 1.29 is 9.00 Å². The number of carbonyl (C=O) groups excluding carboxylic acids is 1. The van der Waals surface area contributed by atoms with Crippen LogP contribution in [-0.2, 0) is 11.0 Å². The van der Waals surface area contributed by atoms with Crippen LogP contribution in [0.5, 0.6) is 0 Å². The van der Waals surface area contributed by atoms with Crippen molar-refractivity contribution in [2.24, 2.45) is 5.92 Å². The number of para-hydroxylation sites is 1. The number of anilines is 2. The molecule has 0 aliphatic heterocycles. The fourth-order valence-electron chi connectivity index (χ4n) is 2.66. The molecule has 1 atom stereocenters. The largest absolute Gasteiger partial charge is 0.322 e. The van der Waals surface area contributed by atoms with Gasteiger partial charge in [-0.15, -0.1) is 11.8 Å². The first kappa shape index (κ1) is 22.5. The van der Waals surface area contributed by atoms with E-state index >= 15 is 0 Å². The van der Waals surface area contributed by atoms with Gasteiger partial charge in [0.2, 0.25) is 0 Å². The molecule has 0 spiro atoms. The van der Waals surface area contributed by atoms with Crippen LogP contribution in [-0.4, -0.2) is 29.2 Å². The average molecular weight is 419 g/mol. The summed E-state index contributed by atoms with van der Waals surface area (Å²) >= 11 is 1.87. The summed E-state index contributed by atoms with van der Waals surface area (Å²) < 4.78 is 13.3. The number of benzene rings is 2. The molecule has 1 fully saturated rings. The summed E-state index contributed by atoms with van der Waals surface area (Å²) in [4.78, 5) is 13.9. The summed E-state index contributed by atoms with van der Waals surface area (Å²) in [6.07, 6.45) is 5.68. The van der Waals surface area contributed by atoms with Gasteiger partial charge in [-0.25, -0.2) is 4.21 Å². The van der Waals surface area contributed by atoms with Crippen LogP contribution in [0.3, 0.4) is 0 Å². The van der Waals surface area contributed by atoms with E-state index in [1.165, 1.54) is 24.2 Å². The van der Waals surface area contributed by atoms with Gasteiger partial charge in [-0.1, -0.05) is 38.8 Å². The van der Waals surface area contributed by atoms with Gasteiger partial charge >= 0.3 is 0 Å². The van der Waals surface area contributed by atoms with Gasteiger partial charge < -0.3 is 5.32 Å². The molecule has 1 saturated carbocycles. The Morgan fingerprint density at radius 1 is 1.14 bits per heavy atom. The Balaban J connectivity index is 0.00000136. The molecule has 0 radical (unpaired) electrons. The fourth-order valence-corrected chi connectivity index (χ4v) is 4.11. The molecule has 1 aliphatic rings. The van der Waals surface area contributed by atoms with E-state index in [-0.39, 0.29) is 5.91 Å². The van der Waals surface area contributed by atoms with Crippen molar-refractivity contribution in [3.8, 4) is 0 Å². The number of rotatable bonds is 8. The zero-order valence-electron chi connectivity index (χ0n) is 17.1. The topological polar surface area (TPSA) is 49.4 Å². The Morgan fingerprint density at radius 2 is 1.79 bits per heavy atom. The standard InChI is InChI=1S/C20H24N2O2S2.C2H6/c1-22(26(2)24)19-6-4-3-5-18(19)20(23)21-16-9-11-17(12-10-16)25-14-13-15-7-8-15;1-2/h3-6,9-12,15H,7-8,13-14H2,1-2H3,(H,21,23);1-2H3. The molecule has 152 valence electrons. The minimum Gasteiger partial charge on any atom is -0.322 e. The van der Waals surface area contributed by atoms with Gasteiger partial charge in [0, 0.05) is 23.9 Å². The van der Waals surface area contributed by atoms with Crippen LogP contribution in [0.1, 0.15) is 43.5 Å². The summed E-state index contributed by atoms with van der Waals surface area (Å²) in [5.41, 5.74) is 1.92. The van der Waals surface area contributed by atoms with Crippen LogP contribution >= 0.6 is 11.8 Å². The van der Waals surface area contributed by atoms with Crippen LogP contribution in [0.25, 0.3) is 0 Å². The SMILES string of the molecule is CC.CN(c1ccccc1C(=O)Nc1ccc(SCCC2CC2)cc1)S(C)=O. The first-order valence-corrected chi connectivity index (χ1v) is 12.2. The molecule has 6 heteroatoms. The van der Waals surface area contributed by atoms with Crippen LogP contribution in [0.4, 0.5) is 11.4 Å². The summed E-state index contributed by atoms with van der Waals surface area (Å²) in [5, 5.41) is 2.93. The van der Waals surface area contributed by atoms with Crippen LogP contribution in [0.2, 0.25) is 0 Å². The number of hydrogen-bond acceptors (Lipinski definition) is 3. The molecule has 0 heterocycles. The van der Waals surface area contributed by atoms with Gasteiger partial charge in [0.05, 0.1) is 11.3 Å². The van der Waals surface area contributed by atoms with Crippen LogP contribution < -0.4 is 9.62 Å². The Labute approximate surface area is 175 Å². The number of nitrogens with one attached hydrogen (secondary N) is 1. The molecule has 28 heavy (non-hydrogen) atoms. The molecule has 2 aromatic rings. The smallest absolute Gasteiger partial charge is 0.257 e. The van der Waals surface area contributed by atoms with E-state index in [4.69, 9.17) is 0 Å². The van der Waals surface area contributed by atoms with E-state index in [0.717, 1.165) is 17.4 Å². The van der Waals surface area contributed by atoms with E-state index in [0.29, 0.717) is 11.3 Å². The lowest BCUT2D eigenvalue weighted by atomic mass is 10.1. The van der Waals surface area contributed by atoms with Crippen LogP contribution in [0, 0.1) is 5.92 Å². The van der Waals surface area contributed by atoms with Gasteiger partial charge in [0.1, 0.15) is 11.0 Å². The number of amides is 1. The molecule has 1 unspecified atom stereocenters. The molecule has 1 aliphatic carbocycles. The van der Waals surface area contributed by atoms with Crippen molar-refractivity contribution >= 4 is 40.0 Å². The Kier molecular flexibility index (Phi) is 9.06. The average Bonchev–Trinajstić information content (AvgIpc) is 3.54. The Hall–Kier alpha value is -1.79. The van der Waals surface area contributed by atoms with E-state index in [1.807, 2.05) is 62.0 Å². The van der Waals surface area contributed by atoms with E-state index in [9.17, 15) is 9.00 Å². The Bertz CT molecular complexity index is 789. The lowest BCUT2D eigenvalue weighted by molar-refractivity contribution is 0.102. The lowest BCUT2D eigenvalue weighted by Gasteiger charge is -2.19. The van der Waals surface area contributed by atoms with Gasteiger partial charge in [-0.3, -0.25) is 9.10 Å². The number of nitrogens with zero attached hydrogens (tertiary/aromatic N) is 1. The molecule has 2 aromatic carbocycles.